The van der Waals surface area contributed by atoms with E-state index in [1.165, 1.54) is 27.3 Å². The molecular formula is C22H30N2OS. The van der Waals surface area contributed by atoms with Crippen molar-refractivity contribution in [3.63, 3.8) is 0 Å². The number of hydrogen-bond donors (Lipinski definition) is 0. The lowest BCUT2D eigenvalue weighted by molar-refractivity contribution is -0.114. The van der Waals surface area contributed by atoms with E-state index in [0.717, 1.165) is 31.1 Å². The summed E-state index contributed by atoms with van der Waals surface area (Å²) in [6.45, 7) is 14.9. The summed E-state index contributed by atoms with van der Waals surface area (Å²) in [5, 5.41) is 0. The molecule has 0 N–H and O–H groups in total. The highest BCUT2D eigenvalue weighted by atomic mass is 32.2. The number of anilines is 1. The van der Waals surface area contributed by atoms with E-state index >= 15 is 0 Å². The number of rotatable bonds is 6. The third kappa shape index (κ3) is 3.14. The molecule has 1 unspecified atom stereocenters. The van der Waals surface area contributed by atoms with Gasteiger partial charge in [0, 0.05) is 35.7 Å². The van der Waals surface area contributed by atoms with Gasteiger partial charge in [0.05, 0.1) is 10.9 Å². The Morgan fingerprint density at radius 2 is 1.77 bits per heavy atom. The number of likely N-dealkylation sites (N-methyl/N-ethyl adjacent to an activating group) is 1. The molecule has 0 saturated heterocycles. The molecule has 0 aromatic heterocycles. The van der Waals surface area contributed by atoms with Crippen molar-refractivity contribution in [2.24, 2.45) is 0 Å². The molecule has 4 heteroatoms. The predicted molar refractivity (Wildman–Crippen MR) is 112 cm³/mol. The second kappa shape index (κ2) is 8.01. The first-order valence-corrected chi connectivity index (χ1v) is 10.6. The Balaban J connectivity index is 2.28. The van der Waals surface area contributed by atoms with Crippen LogP contribution in [0.4, 0.5) is 5.69 Å². The molecular weight excluding hydrogens is 340 g/mol. The molecule has 1 aliphatic heterocycles. The van der Waals surface area contributed by atoms with Crippen LogP contribution in [0.25, 0.3) is 0 Å². The molecule has 1 atom stereocenters. The van der Waals surface area contributed by atoms with E-state index in [1.54, 1.807) is 11.8 Å². The minimum atomic E-state index is 0.159. The number of aryl methyl sites for hydroxylation is 1. The molecule has 140 valence electrons. The Kier molecular flexibility index (Phi) is 5.93. The van der Waals surface area contributed by atoms with E-state index in [4.69, 9.17) is 0 Å². The van der Waals surface area contributed by atoms with Crippen LogP contribution in [0.5, 0.6) is 0 Å². The van der Waals surface area contributed by atoms with Crippen molar-refractivity contribution in [3.8, 4) is 0 Å². The number of Topliss-reactive ketones (excluding diaryl/α,β-unsaturated/α-hetero) is 1. The summed E-state index contributed by atoms with van der Waals surface area (Å²) < 4.78 is 0. The van der Waals surface area contributed by atoms with Gasteiger partial charge in [0.15, 0.2) is 5.78 Å². The Morgan fingerprint density at radius 1 is 1.08 bits per heavy atom. The number of thioether (sulfide) groups is 1. The summed E-state index contributed by atoms with van der Waals surface area (Å²) in [4.78, 5) is 19.8. The summed E-state index contributed by atoms with van der Waals surface area (Å²) in [6.07, 6.45) is 4.76. The average Bonchev–Trinajstić information content (AvgIpc) is 2.65. The van der Waals surface area contributed by atoms with E-state index in [1.807, 2.05) is 6.08 Å². The highest BCUT2D eigenvalue weighted by Crippen LogP contribution is 2.52. The average molecular weight is 371 g/mol. The fraction of sp³-hybridized carbons (Fsp3) is 0.500. The molecule has 2 aliphatic rings. The number of carbonyl (C=O) groups excluding carboxylic acids is 1. The first kappa shape index (κ1) is 19.2. The number of fused-ring (bicyclic) bond motifs is 1. The van der Waals surface area contributed by atoms with E-state index < -0.39 is 0 Å². The SMILES string of the molecule is CCN(CC)c1ccc(C)c2c1C(N(CC)CC)C1=C(S2)C(=O)CC=C1. The van der Waals surface area contributed by atoms with Gasteiger partial charge in [-0.15, -0.1) is 0 Å². The molecule has 1 aromatic rings. The van der Waals surface area contributed by atoms with Gasteiger partial charge >= 0.3 is 0 Å². The first-order chi connectivity index (χ1) is 12.6. The van der Waals surface area contributed by atoms with Gasteiger partial charge < -0.3 is 4.90 Å². The number of benzene rings is 1. The quantitative estimate of drug-likeness (QED) is 0.694. The summed E-state index contributed by atoms with van der Waals surface area (Å²) in [7, 11) is 0. The van der Waals surface area contributed by atoms with Crippen molar-refractivity contribution in [3.05, 3.63) is 45.9 Å². The summed E-state index contributed by atoms with van der Waals surface area (Å²) in [5.74, 6) is 0.267. The fourth-order valence-corrected chi connectivity index (χ4v) is 5.37. The van der Waals surface area contributed by atoms with E-state index in [-0.39, 0.29) is 11.8 Å². The molecule has 0 bridgehead atoms. The first-order valence-electron chi connectivity index (χ1n) is 9.81. The third-order valence-electron chi connectivity index (χ3n) is 5.54. The number of hydrogen-bond acceptors (Lipinski definition) is 4. The Labute approximate surface area is 162 Å². The lowest BCUT2D eigenvalue weighted by Crippen LogP contribution is -2.35. The van der Waals surface area contributed by atoms with Crippen LogP contribution in [0.2, 0.25) is 0 Å². The van der Waals surface area contributed by atoms with E-state index in [2.05, 4.69) is 62.6 Å². The largest absolute Gasteiger partial charge is 0.372 e. The van der Waals surface area contributed by atoms with Gasteiger partial charge in [-0.3, -0.25) is 9.69 Å². The Bertz CT molecular complexity index is 758. The molecule has 0 radical (unpaired) electrons. The molecule has 1 aliphatic carbocycles. The Hall–Kier alpha value is -1.52. The van der Waals surface area contributed by atoms with Gasteiger partial charge in [0.2, 0.25) is 0 Å². The Morgan fingerprint density at radius 3 is 2.38 bits per heavy atom. The van der Waals surface area contributed by atoms with Crippen LogP contribution in [0.3, 0.4) is 0 Å². The minimum absolute atomic E-state index is 0.159. The molecule has 26 heavy (non-hydrogen) atoms. The highest BCUT2D eigenvalue weighted by Gasteiger charge is 2.37. The van der Waals surface area contributed by atoms with Crippen LogP contribution in [0.15, 0.2) is 39.7 Å². The predicted octanol–water partition coefficient (Wildman–Crippen LogP) is 5.11. The second-order valence-corrected chi connectivity index (χ2v) is 7.88. The normalized spacial score (nSPS) is 19.0. The van der Waals surface area contributed by atoms with Crippen LogP contribution < -0.4 is 4.90 Å². The van der Waals surface area contributed by atoms with Gasteiger partial charge in [-0.05, 0) is 51.1 Å². The van der Waals surface area contributed by atoms with Gasteiger partial charge in [-0.2, -0.15) is 0 Å². The van der Waals surface area contributed by atoms with Crippen molar-refractivity contribution in [1.29, 1.82) is 0 Å². The molecule has 0 spiro atoms. The maximum atomic E-state index is 12.7. The maximum absolute atomic E-state index is 12.7. The number of carbonyl (C=O) groups is 1. The van der Waals surface area contributed by atoms with Crippen LogP contribution in [-0.2, 0) is 4.79 Å². The standard InChI is InChI=1S/C22H30N2OS/c1-6-23(7-2)17-14-13-15(5)21-19(17)20(24(8-3)9-4)16-11-10-12-18(25)22(16)26-21/h10-11,13-14,20H,6-9,12H2,1-5H3. The zero-order valence-electron chi connectivity index (χ0n) is 16.6. The monoisotopic (exact) mass is 370 g/mol. The van der Waals surface area contributed by atoms with Crippen LogP contribution in [0.1, 0.15) is 51.3 Å². The molecule has 3 nitrogen and oxygen atoms in total. The molecule has 3 rings (SSSR count). The second-order valence-electron chi connectivity index (χ2n) is 6.86. The van der Waals surface area contributed by atoms with Gasteiger partial charge in [-0.25, -0.2) is 0 Å². The summed E-state index contributed by atoms with van der Waals surface area (Å²) >= 11 is 1.70. The number of allylic oxidation sites excluding steroid dienone is 2. The van der Waals surface area contributed by atoms with Gasteiger partial charge in [-0.1, -0.05) is 43.8 Å². The molecule has 0 amide bonds. The van der Waals surface area contributed by atoms with Crippen molar-refractivity contribution >= 4 is 23.2 Å². The van der Waals surface area contributed by atoms with Crippen LogP contribution in [0, 0.1) is 6.92 Å². The zero-order valence-corrected chi connectivity index (χ0v) is 17.4. The topological polar surface area (TPSA) is 23.6 Å². The molecule has 0 saturated carbocycles. The van der Waals surface area contributed by atoms with Gasteiger partial charge in [0.25, 0.3) is 0 Å². The zero-order chi connectivity index (χ0) is 18.8. The van der Waals surface area contributed by atoms with Crippen molar-refractivity contribution in [2.75, 3.05) is 31.1 Å². The smallest absolute Gasteiger partial charge is 0.173 e. The summed E-state index contributed by atoms with van der Waals surface area (Å²) in [5.41, 5.74) is 5.17. The van der Waals surface area contributed by atoms with Crippen molar-refractivity contribution in [2.45, 2.75) is 52.0 Å². The van der Waals surface area contributed by atoms with Crippen LogP contribution >= 0.6 is 11.8 Å². The molecule has 1 heterocycles. The molecule has 0 fully saturated rings. The maximum Gasteiger partial charge on any atom is 0.173 e. The molecule has 1 aromatic carbocycles. The highest BCUT2D eigenvalue weighted by molar-refractivity contribution is 8.04. The third-order valence-corrected chi connectivity index (χ3v) is 6.95. The number of nitrogens with zero attached hydrogens (tertiary/aromatic N) is 2. The summed E-state index contributed by atoms with van der Waals surface area (Å²) in [6, 6.07) is 4.65. The van der Waals surface area contributed by atoms with E-state index in [0.29, 0.717) is 6.42 Å². The lowest BCUT2D eigenvalue weighted by Gasteiger charge is -2.40. The van der Waals surface area contributed by atoms with Crippen molar-refractivity contribution in [1.82, 2.24) is 4.90 Å². The fourth-order valence-electron chi connectivity index (χ4n) is 4.12. The lowest BCUT2D eigenvalue weighted by atomic mass is 9.89. The van der Waals surface area contributed by atoms with Crippen molar-refractivity contribution < 1.29 is 4.79 Å². The van der Waals surface area contributed by atoms with Crippen LogP contribution in [-0.4, -0.2) is 36.9 Å². The van der Waals surface area contributed by atoms with Gasteiger partial charge in [0.1, 0.15) is 0 Å². The minimum Gasteiger partial charge on any atom is -0.372 e. The van der Waals surface area contributed by atoms with E-state index in [9.17, 15) is 4.79 Å². The number of ketones is 1.